The third-order valence-electron chi connectivity index (χ3n) is 3.00. The van der Waals surface area contributed by atoms with Crippen molar-refractivity contribution in [2.24, 2.45) is 0 Å². The molecule has 0 amide bonds. The molecule has 0 aliphatic rings. The Morgan fingerprint density at radius 1 is 1.26 bits per heavy atom. The Morgan fingerprint density at radius 3 is 2.53 bits per heavy atom. The highest BCUT2D eigenvalue weighted by molar-refractivity contribution is 7.91. The summed E-state index contributed by atoms with van der Waals surface area (Å²) < 4.78 is 22.9. The van der Waals surface area contributed by atoms with Gasteiger partial charge in [-0.2, -0.15) is 0 Å². The maximum Gasteiger partial charge on any atom is 0.150 e. The van der Waals surface area contributed by atoms with Crippen LogP contribution < -0.4 is 5.32 Å². The molecule has 0 saturated heterocycles. The van der Waals surface area contributed by atoms with Crippen LogP contribution in [0.4, 0.5) is 0 Å². The number of aryl methyl sites for hydroxylation is 1. The minimum Gasteiger partial charge on any atom is -0.309 e. The number of nitrogens with zero attached hydrogens (tertiary/aromatic N) is 2. The minimum atomic E-state index is -2.88. The molecule has 0 aliphatic heterocycles. The second-order valence-electron chi connectivity index (χ2n) is 4.57. The summed E-state index contributed by atoms with van der Waals surface area (Å²) in [6.07, 6.45) is 4.90. The maximum atomic E-state index is 11.5. The van der Waals surface area contributed by atoms with Crippen molar-refractivity contribution in [3.05, 3.63) is 23.8 Å². The lowest BCUT2D eigenvalue weighted by Gasteiger charge is -2.17. The number of hydrogen-bond donors (Lipinski definition) is 1. The summed E-state index contributed by atoms with van der Waals surface area (Å²) in [4.78, 5) is 8.59. The van der Waals surface area contributed by atoms with Gasteiger partial charge in [-0.3, -0.25) is 9.97 Å². The predicted octanol–water partition coefficient (Wildman–Crippen LogP) is 1.65. The van der Waals surface area contributed by atoms with E-state index in [0.29, 0.717) is 6.42 Å². The van der Waals surface area contributed by atoms with Crippen LogP contribution in [0.1, 0.15) is 44.1 Å². The molecule has 19 heavy (non-hydrogen) atoms. The summed E-state index contributed by atoms with van der Waals surface area (Å²) in [5.74, 6) is 0.452. The third-order valence-corrected chi connectivity index (χ3v) is 4.79. The quantitative estimate of drug-likeness (QED) is 0.786. The summed E-state index contributed by atoms with van der Waals surface area (Å²) >= 11 is 0. The predicted molar refractivity (Wildman–Crippen MR) is 76.7 cm³/mol. The zero-order valence-electron chi connectivity index (χ0n) is 11.9. The molecule has 1 heterocycles. The van der Waals surface area contributed by atoms with E-state index in [9.17, 15) is 8.42 Å². The van der Waals surface area contributed by atoms with Crippen LogP contribution in [0.25, 0.3) is 0 Å². The maximum absolute atomic E-state index is 11.5. The molecule has 0 aromatic carbocycles. The van der Waals surface area contributed by atoms with Gasteiger partial charge in [0.05, 0.1) is 29.4 Å². The largest absolute Gasteiger partial charge is 0.309 e. The van der Waals surface area contributed by atoms with Gasteiger partial charge in [0.1, 0.15) is 9.84 Å². The lowest BCUT2D eigenvalue weighted by atomic mass is 10.1. The van der Waals surface area contributed by atoms with Crippen LogP contribution in [0, 0.1) is 6.92 Å². The Kier molecular flexibility index (Phi) is 6.37. The normalized spacial score (nSPS) is 13.4. The highest BCUT2D eigenvalue weighted by Gasteiger charge is 2.14. The monoisotopic (exact) mass is 285 g/mol. The fraction of sp³-hybridized carbons (Fsp3) is 0.692. The molecule has 1 N–H and O–H groups in total. The Morgan fingerprint density at radius 2 is 2.00 bits per heavy atom. The average molecular weight is 285 g/mol. The van der Waals surface area contributed by atoms with Gasteiger partial charge < -0.3 is 5.32 Å². The van der Waals surface area contributed by atoms with Crippen molar-refractivity contribution in [3.8, 4) is 0 Å². The number of rotatable bonds is 8. The summed E-state index contributed by atoms with van der Waals surface area (Å²) in [6.45, 7) is 6.42. The zero-order chi connectivity index (χ0) is 14.3. The molecule has 6 heteroatoms. The molecule has 0 saturated carbocycles. The first kappa shape index (κ1) is 16.0. The molecule has 0 radical (unpaired) electrons. The molecular formula is C13H23N3O2S. The molecule has 5 nitrogen and oxygen atoms in total. The third kappa shape index (κ3) is 5.65. The molecule has 0 aliphatic carbocycles. The van der Waals surface area contributed by atoms with Crippen molar-refractivity contribution in [1.29, 1.82) is 0 Å². The highest BCUT2D eigenvalue weighted by Crippen LogP contribution is 2.16. The number of nitrogens with one attached hydrogen (secondary N) is 1. The smallest absolute Gasteiger partial charge is 0.150 e. The van der Waals surface area contributed by atoms with Gasteiger partial charge in [0.15, 0.2) is 0 Å². The van der Waals surface area contributed by atoms with E-state index in [2.05, 4.69) is 15.3 Å². The highest BCUT2D eigenvalue weighted by atomic mass is 32.2. The first-order valence-electron chi connectivity index (χ1n) is 6.71. The molecule has 0 spiro atoms. The molecule has 1 aromatic heterocycles. The number of hydrogen-bond acceptors (Lipinski definition) is 5. The minimum absolute atomic E-state index is 0.0742. The zero-order valence-corrected chi connectivity index (χ0v) is 12.7. The second-order valence-corrected chi connectivity index (χ2v) is 7.04. The number of sulfone groups is 1. The lowest BCUT2D eigenvalue weighted by Crippen LogP contribution is -2.23. The van der Waals surface area contributed by atoms with E-state index < -0.39 is 9.84 Å². The van der Waals surface area contributed by atoms with Crippen LogP contribution in [-0.4, -0.2) is 36.4 Å². The van der Waals surface area contributed by atoms with Gasteiger partial charge in [0.2, 0.25) is 0 Å². The van der Waals surface area contributed by atoms with Crippen LogP contribution in [0.5, 0.6) is 0 Å². The van der Waals surface area contributed by atoms with Crippen LogP contribution >= 0.6 is 0 Å². The van der Waals surface area contributed by atoms with E-state index in [1.54, 1.807) is 19.3 Å². The fourth-order valence-corrected chi connectivity index (χ4v) is 2.73. The Bertz CT molecular complexity index is 471. The lowest BCUT2D eigenvalue weighted by molar-refractivity contribution is 0.494. The topological polar surface area (TPSA) is 72.0 Å². The standard InChI is InChI=1S/C13H23N3O2S/c1-4-14-12(7-6-8-19(17,18)5-2)13-10-15-11(3)9-16-13/h9-10,12,14H,4-8H2,1-3H3. The van der Waals surface area contributed by atoms with Crippen LogP contribution in [0.3, 0.4) is 0 Å². The van der Waals surface area contributed by atoms with Crippen molar-refractivity contribution in [1.82, 2.24) is 15.3 Å². The van der Waals surface area contributed by atoms with Crippen molar-refractivity contribution in [3.63, 3.8) is 0 Å². The van der Waals surface area contributed by atoms with Gasteiger partial charge in [0.25, 0.3) is 0 Å². The molecular weight excluding hydrogens is 262 g/mol. The van der Waals surface area contributed by atoms with Crippen molar-refractivity contribution < 1.29 is 8.42 Å². The first-order valence-corrected chi connectivity index (χ1v) is 8.53. The van der Waals surface area contributed by atoms with Crippen molar-refractivity contribution in [2.75, 3.05) is 18.1 Å². The molecule has 1 unspecified atom stereocenters. The van der Waals surface area contributed by atoms with Crippen molar-refractivity contribution in [2.45, 2.75) is 39.7 Å². The molecule has 1 rings (SSSR count). The van der Waals surface area contributed by atoms with Gasteiger partial charge in [-0.25, -0.2) is 8.42 Å². The van der Waals surface area contributed by atoms with Crippen LogP contribution in [0.15, 0.2) is 12.4 Å². The van der Waals surface area contributed by atoms with E-state index in [1.807, 2.05) is 13.8 Å². The average Bonchev–Trinajstić information content (AvgIpc) is 2.39. The summed E-state index contributed by atoms with van der Waals surface area (Å²) in [7, 11) is -2.88. The SMILES string of the molecule is CCNC(CCCS(=O)(=O)CC)c1cnc(C)cn1. The molecule has 0 fully saturated rings. The van der Waals surface area contributed by atoms with Gasteiger partial charge in [-0.15, -0.1) is 0 Å². The van der Waals surface area contributed by atoms with Crippen LogP contribution in [-0.2, 0) is 9.84 Å². The van der Waals surface area contributed by atoms with E-state index in [0.717, 1.165) is 24.4 Å². The Balaban J connectivity index is 2.61. The van der Waals surface area contributed by atoms with Gasteiger partial charge in [0, 0.05) is 11.9 Å². The molecule has 108 valence electrons. The summed E-state index contributed by atoms with van der Waals surface area (Å²) in [5, 5.41) is 3.33. The van der Waals surface area contributed by atoms with Crippen LogP contribution in [0.2, 0.25) is 0 Å². The van der Waals surface area contributed by atoms with Gasteiger partial charge in [-0.05, 0) is 26.3 Å². The Labute approximate surface area is 115 Å². The molecule has 1 atom stereocenters. The van der Waals surface area contributed by atoms with E-state index in [1.165, 1.54) is 0 Å². The number of aromatic nitrogens is 2. The first-order chi connectivity index (χ1) is 8.98. The van der Waals surface area contributed by atoms with E-state index >= 15 is 0 Å². The summed E-state index contributed by atoms with van der Waals surface area (Å²) in [5.41, 5.74) is 1.76. The molecule has 1 aromatic rings. The second kappa shape index (κ2) is 7.55. The summed E-state index contributed by atoms with van der Waals surface area (Å²) in [6, 6.07) is 0.0742. The van der Waals surface area contributed by atoms with Gasteiger partial charge in [-0.1, -0.05) is 13.8 Å². The van der Waals surface area contributed by atoms with E-state index in [4.69, 9.17) is 0 Å². The van der Waals surface area contributed by atoms with Gasteiger partial charge >= 0.3 is 0 Å². The van der Waals surface area contributed by atoms with E-state index in [-0.39, 0.29) is 17.5 Å². The molecule has 0 bridgehead atoms. The van der Waals surface area contributed by atoms with Crippen molar-refractivity contribution >= 4 is 9.84 Å². The fourth-order valence-electron chi connectivity index (χ4n) is 1.84. The Hall–Kier alpha value is -1.01.